The van der Waals surface area contributed by atoms with Gasteiger partial charge in [-0.25, -0.2) is 0 Å². The largest absolute Gasteiger partial charge is 0.364 e. The third-order valence-corrected chi connectivity index (χ3v) is 1.99. The first-order valence-electron chi connectivity index (χ1n) is 4.19. The highest BCUT2D eigenvalue weighted by molar-refractivity contribution is 5.91. The second-order valence-electron chi connectivity index (χ2n) is 2.76. The summed E-state index contributed by atoms with van der Waals surface area (Å²) in [5, 5.41) is 0. The number of nitrogens with one attached hydrogen (secondary N) is 1. The van der Waals surface area contributed by atoms with E-state index in [1.165, 1.54) is 5.56 Å². The molecule has 3 heteroatoms. The van der Waals surface area contributed by atoms with Crippen molar-refractivity contribution < 1.29 is 4.79 Å². The second kappa shape index (κ2) is 3.43. The smallest absolute Gasteiger partial charge is 0.265 e. The molecule has 1 aromatic rings. The summed E-state index contributed by atoms with van der Waals surface area (Å²) in [4.78, 5) is 13.8. The van der Waals surface area contributed by atoms with Crippen molar-refractivity contribution >= 4 is 5.91 Å². The van der Waals surface area contributed by atoms with Crippen molar-refractivity contribution in [2.75, 3.05) is 0 Å². The summed E-state index contributed by atoms with van der Waals surface area (Å²) in [6, 6.07) is 1.83. The second-order valence-corrected chi connectivity index (χ2v) is 2.76. The van der Waals surface area contributed by atoms with Crippen LogP contribution < -0.4 is 5.73 Å². The lowest BCUT2D eigenvalue weighted by Gasteiger charge is -1.94. The molecule has 3 N–H and O–H groups in total. The maximum Gasteiger partial charge on any atom is 0.265 e. The summed E-state index contributed by atoms with van der Waals surface area (Å²) in [6.07, 6.45) is 1.85. The van der Waals surface area contributed by atoms with Gasteiger partial charge in [0.1, 0.15) is 5.69 Å². The Morgan fingerprint density at radius 1 is 1.50 bits per heavy atom. The number of aryl methyl sites for hydroxylation is 2. The summed E-state index contributed by atoms with van der Waals surface area (Å²) in [6.45, 7) is 4.11. The molecule has 1 amide bonds. The maximum absolute atomic E-state index is 10.8. The summed E-state index contributed by atoms with van der Waals surface area (Å²) in [5.74, 6) is -0.385. The number of hydrogen-bond donors (Lipinski definition) is 2. The van der Waals surface area contributed by atoms with Crippen molar-refractivity contribution in [1.29, 1.82) is 0 Å². The number of nitrogens with two attached hydrogens (primary N) is 1. The number of carbonyl (C=O) groups is 1. The van der Waals surface area contributed by atoms with Gasteiger partial charge in [0, 0.05) is 5.69 Å². The molecule has 0 aliphatic heterocycles. The first-order valence-corrected chi connectivity index (χ1v) is 4.19. The molecule has 0 unspecified atom stereocenters. The minimum absolute atomic E-state index is 0.385. The monoisotopic (exact) mass is 166 g/mol. The fourth-order valence-electron chi connectivity index (χ4n) is 1.30. The first kappa shape index (κ1) is 8.84. The van der Waals surface area contributed by atoms with Crippen molar-refractivity contribution in [1.82, 2.24) is 4.98 Å². The standard InChI is InChI=1S/C9H14N2O/c1-3-6-5-8(9(10)12)11-7(6)4-2/h5,11H,3-4H2,1-2H3,(H2,10,12). The van der Waals surface area contributed by atoms with E-state index in [0.29, 0.717) is 5.69 Å². The van der Waals surface area contributed by atoms with Crippen LogP contribution in [0, 0.1) is 0 Å². The molecular weight excluding hydrogens is 152 g/mol. The van der Waals surface area contributed by atoms with Crippen molar-refractivity contribution in [3.05, 3.63) is 23.0 Å². The van der Waals surface area contributed by atoms with Gasteiger partial charge in [0.15, 0.2) is 0 Å². The Kier molecular flexibility index (Phi) is 2.53. The first-order chi connectivity index (χ1) is 5.69. The number of aromatic nitrogens is 1. The quantitative estimate of drug-likeness (QED) is 0.697. The zero-order valence-corrected chi connectivity index (χ0v) is 7.48. The molecule has 1 heterocycles. The molecule has 0 saturated heterocycles. The highest BCUT2D eigenvalue weighted by Crippen LogP contribution is 2.11. The number of primary amides is 1. The molecule has 0 aliphatic carbocycles. The molecular formula is C9H14N2O. The van der Waals surface area contributed by atoms with Crippen LogP contribution in [-0.4, -0.2) is 10.9 Å². The van der Waals surface area contributed by atoms with E-state index in [4.69, 9.17) is 5.73 Å². The molecule has 1 rings (SSSR count). The SMILES string of the molecule is CCc1cc(C(N)=O)[nH]c1CC. The van der Waals surface area contributed by atoms with Crippen LogP contribution in [0.3, 0.4) is 0 Å². The Labute approximate surface area is 72.0 Å². The van der Waals surface area contributed by atoms with Gasteiger partial charge < -0.3 is 10.7 Å². The van der Waals surface area contributed by atoms with Crippen molar-refractivity contribution in [3.63, 3.8) is 0 Å². The van der Waals surface area contributed by atoms with Gasteiger partial charge in [0.25, 0.3) is 5.91 Å². The van der Waals surface area contributed by atoms with E-state index in [-0.39, 0.29) is 5.91 Å². The van der Waals surface area contributed by atoms with Gasteiger partial charge in [-0.05, 0) is 24.5 Å². The molecule has 0 spiro atoms. The normalized spacial score (nSPS) is 10.2. The molecule has 0 radical (unpaired) electrons. The van der Waals surface area contributed by atoms with Gasteiger partial charge in [0.05, 0.1) is 0 Å². The lowest BCUT2D eigenvalue weighted by atomic mass is 10.1. The van der Waals surface area contributed by atoms with E-state index >= 15 is 0 Å². The molecule has 0 bridgehead atoms. The fourth-order valence-corrected chi connectivity index (χ4v) is 1.30. The zero-order chi connectivity index (χ0) is 9.14. The van der Waals surface area contributed by atoms with E-state index in [0.717, 1.165) is 18.5 Å². The fraction of sp³-hybridized carbons (Fsp3) is 0.444. The van der Waals surface area contributed by atoms with Crippen LogP contribution in [0.15, 0.2) is 6.07 Å². The molecule has 3 nitrogen and oxygen atoms in total. The average Bonchev–Trinajstić information content (AvgIpc) is 2.46. The maximum atomic E-state index is 10.8. The van der Waals surface area contributed by atoms with Crippen LogP contribution in [0.25, 0.3) is 0 Å². The van der Waals surface area contributed by atoms with E-state index in [2.05, 4.69) is 18.8 Å². The van der Waals surface area contributed by atoms with Crippen molar-refractivity contribution in [3.8, 4) is 0 Å². The van der Waals surface area contributed by atoms with Crippen LogP contribution in [0.5, 0.6) is 0 Å². The third kappa shape index (κ3) is 1.49. The van der Waals surface area contributed by atoms with Crippen molar-refractivity contribution in [2.24, 2.45) is 5.73 Å². The molecule has 0 fully saturated rings. The van der Waals surface area contributed by atoms with E-state index in [1.807, 2.05) is 6.07 Å². The number of hydrogen-bond acceptors (Lipinski definition) is 1. The number of carbonyl (C=O) groups excluding carboxylic acids is 1. The van der Waals surface area contributed by atoms with Crippen LogP contribution in [0.2, 0.25) is 0 Å². The minimum Gasteiger partial charge on any atom is -0.364 e. The van der Waals surface area contributed by atoms with E-state index in [1.54, 1.807) is 0 Å². The predicted octanol–water partition coefficient (Wildman–Crippen LogP) is 1.24. The third-order valence-electron chi connectivity index (χ3n) is 1.99. The summed E-state index contributed by atoms with van der Waals surface area (Å²) in [5.41, 5.74) is 7.96. The summed E-state index contributed by atoms with van der Waals surface area (Å²) in [7, 11) is 0. The van der Waals surface area contributed by atoms with E-state index in [9.17, 15) is 4.79 Å². The van der Waals surface area contributed by atoms with E-state index < -0.39 is 0 Å². The van der Waals surface area contributed by atoms with Crippen LogP contribution in [0.1, 0.15) is 35.6 Å². The Bertz CT molecular complexity index is 267. The average molecular weight is 166 g/mol. The lowest BCUT2D eigenvalue weighted by molar-refractivity contribution is 0.0996. The number of aromatic amines is 1. The predicted molar refractivity (Wildman–Crippen MR) is 48.1 cm³/mol. The van der Waals surface area contributed by atoms with Gasteiger partial charge in [-0.15, -0.1) is 0 Å². The zero-order valence-electron chi connectivity index (χ0n) is 7.48. The Morgan fingerprint density at radius 2 is 2.17 bits per heavy atom. The van der Waals surface area contributed by atoms with Gasteiger partial charge in [-0.2, -0.15) is 0 Å². The highest BCUT2D eigenvalue weighted by Gasteiger charge is 2.07. The van der Waals surface area contributed by atoms with Crippen LogP contribution in [-0.2, 0) is 12.8 Å². The van der Waals surface area contributed by atoms with Gasteiger partial charge in [0.2, 0.25) is 0 Å². The Morgan fingerprint density at radius 3 is 2.50 bits per heavy atom. The van der Waals surface area contributed by atoms with Crippen LogP contribution >= 0.6 is 0 Å². The molecule has 0 saturated carbocycles. The molecule has 66 valence electrons. The highest BCUT2D eigenvalue weighted by atomic mass is 16.1. The number of amides is 1. The molecule has 0 atom stereocenters. The number of rotatable bonds is 3. The summed E-state index contributed by atoms with van der Waals surface area (Å²) < 4.78 is 0. The summed E-state index contributed by atoms with van der Waals surface area (Å²) >= 11 is 0. The lowest BCUT2D eigenvalue weighted by Crippen LogP contribution is -2.11. The Balaban J connectivity index is 3.05. The molecule has 1 aromatic heterocycles. The van der Waals surface area contributed by atoms with Gasteiger partial charge in [-0.1, -0.05) is 13.8 Å². The molecule has 0 aromatic carbocycles. The minimum atomic E-state index is -0.385. The van der Waals surface area contributed by atoms with Crippen molar-refractivity contribution in [2.45, 2.75) is 26.7 Å². The topological polar surface area (TPSA) is 58.9 Å². The molecule has 12 heavy (non-hydrogen) atoms. The van der Waals surface area contributed by atoms with Crippen LogP contribution in [0.4, 0.5) is 0 Å². The number of H-pyrrole nitrogens is 1. The Hall–Kier alpha value is -1.25. The molecule has 0 aliphatic rings. The van der Waals surface area contributed by atoms with Gasteiger partial charge in [-0.3, -0.25) is 4.79 Å². The van der Waals surface area contributed by atoms with Gasteiger partial charge >= 0.3 is 0 Å².